The van der Waals surface area contributed by atoms with Crippen molar-refractivity contribution < 1.29 is 9.50 Å². The van der Waals surface area contributed by atoms with Crippen LogP contribution in [0.3, 0.4) is 0 Å². The third-order valence-electron chi connectivity index (χ3n) is 4.83. The molecule has 2 aromatic heterocycles. The second kappa shape index (κ2) is 7.40. The van der Waals surface area contributed by atoms with Gasteiger partial charge in [0.1, 0.15) is 17.7 Å². The molecule has 9 heteroatoms. The highest BCUT2D eigenvalue weighted by atomic mass is 35.5. The summed E-state index contributed by atoms with van der Waals surface area (Å²) in [6.45, 7) is 1.99. The second-order valence-corrected chi connectivity index (χ2v) is 7.16. The van der Waals surface area contributed by atoms with Crippen LogP contribution in [0.2, 0.25) is 5.02 Å². The number of hydrogen-bond donors (Lipinski definition) is 3. The summed E-state index contributed by atoms with van der Waals surface area (Å²) in [4.78, 5) is 6.50. The van der Waals surface area contributed by atoms with E-state index in [1.807, 2.05) is 12.3 Å². The van der Waals surface area contributed by atoms with Gasteiger partial charge in [-0.25, -0.2) is 13.9 Å². The molecule has 4 rings (SSSR count). The van der Waals surface area contributed by atoms with Gasteiger partial charge in [-0.05, 0) is 36.2 Å². The van der Waals surface area contributed by atoms with Gasteiger partial charge in [0, 0.05) is 37.6 Å². The molecule has 2 atom stereocenters. The molecule has 7 nitrogen and oxygen atoms in total. The Morgan fingerprint density at radius 2 is 2.22 bits per heavy atom. The van der Waals surface area contributed by atoms with E-state index in [2.05, 4.69) is 20.3 Å². The minimum Gasteiger partial charge on any atom is -0.390 e. The number of likely N-dealkylation sites (tertiary alicyclic amines) is 1. The number of rotatable bonds is 4. The fraction of sp³-hybridized carbons (Fsp3) is 0.333. The van der Waals surface area contributed by atoms with E-state index in [4.69, 9.17) is 17.3 Å². The summed E-state index contributed by atoms with van der Waals surface area (Å²) < 4.78 is 15.1. The smallest absolute Gasteiger partial charge is 0.158 e. The van der Waals surface area contributed by atoms with Gasteiger partial charge in [0.05, 0.1) is 11.1 Å². The summed E-state index contributed by atoms with van der Waals surface area (Å²) in [5.41, 5.74) is 8.37. The van der Waals surface area contributed by atoms with E-state index in [9.17, 15) is 9.50 Å². The summed E-state index contributed by atoms with van der Waals surface area (Å²) in [5.74, 6) is 0.127. The number of nitrogens with two attached hydrogens (primary N) is 1. The van der Waals surface area contributed by atoms with Crippen molar-refractivity contribution in [2.75, 3.05) is 18.4 Å². The Morgan fingerprint density at radius 3 is 3.00 bits per heavy atom. The Kier molecular flexibility index (Phi) is 4.96. The zero-order valence-corrected chi connectivity index (χ0v) is 15.3. The van der Waals surface area contributed by atoms with Crippen LogP contribution in [-0.2, 0) is 6.54 Å². The zero-order valence-electron chi connectivity index (χ0n) is 14.5. The first kappa shape index (κ1) is 18.1. The molecule has 1 fully saturated rings. The molecule has 27 heavy (non-hydrogen) atoms. The lowest BCUT2D eigenvalue weighted by atomic mass is 10.0. The van der Waals surface area contributed by atoms with Gasteiger partial charge in [0.15, 0.2) is 5.82 Å². The molecule has 4 N–H and O–H groups in total. The number of nitrogens with one attached hydrogen (secondary N) is 1. The zero-order chi connectivity index (χ0) is 19.0. The van der Waals surface area contributed by atoms with Crippen LogP contribution in [0.4, 0.5) is 15.9 Å². The number of anilines is 2. The predicted octanol–water partition coefficient (Wildman–Crippen LogP) is 2.16. The highest BCUT2D eigenvalue weighted by Crippen LogP contribution is 2.27. The van der Waals surface area contributed by atoms with E-state index in [0.29, 0.717) is 24.6 Å². The molecule has 0 spiro atoms. The van der Waals surface area contributed by atoms with Crippen molar-refractivity contribution in [3.05, 3.63) is 53.2 Å². The number of halogens is 2. The van der Waals surface area contributed by atoms with Crippen LogP contribution in [-0.4, -0.2) is 49.8 Å². The number of benzene rings is 1. The molecule has 1 aliphatic heterocycles. The first-order valence-corrected chi connectivity index (χ1v) is 9.08. The van der Waals surface area contributed by atoms with E-state index in [0.717, 1.165) is 24.0 Å². The van der Waals surface area contributed by atoms with Gasteiger partial charge in [-0.2, -0.15) is 5.10 Å². The van der Waals surface area contributed by atoms with Crippen LogP contribution < -0.4 is 11.1 Å². The van der Waals surface area contributed by atoms with Crippen molar-refractivity contribution in [1.29, 1.82) is 0 Å². The van der Waals surface area contributed by atoms with Crippen LogP contribution in [0.1, 0.15) is 12.0 Å². The summed E-state index contributed by atoms with van der Waals surface area (Å²) in [6.07, 6.45) is 3.54. The third kappa shape index (κ3) is 3.74. The van der Waals surface area contributed by atoms with Crippen LogP contribution in [0.25, 0.3) is 5.52 Å². The third-order valence-corrected chi connectivity index (χ3v) is 5.12. The monoisotopic (exact) mass is 390 g/mol. The molecule has 0 unspecified atom stereocenters. The van der Waals surface area contributed by atoms with Crippen molar-refractivity contribution in [2.45, 2.75) is 25.1 Å². The average molecular weight is 391 g/mol. The quantitative estimate of drug-likeness (QED) is 0.632. The molecule has 0 radical (unpaired) electrons. The lowest BCUT2D eigenvalue weighted by molar-refractivity contribution is 0.0501. The highest BCUT2D eigenvalue weighted by Gasteiger charge is 2.25. The normalized spacial score (nSPS) is 20.9. The number of piperidine rings is 1. The molecule has 1 aromatic carbocycles. The topological polar surface area (TPSA) is 91.7 Å². The summed E-state index contributed by atoms with van der Waals surface area (Å²) in [7, 11) is 0. The van der Waals surface area contributed by atoms with Crippen molar-refractivity contribution >= 4 is 28.6 Å². The molecule has 3 aromatic rings. The van der Waals surface area contributed by atoms with E-state index in [1.165, 1.54) is 18.5 Å². The van der Waals surface area contributed by atoms with Crippen LogP contribution in [0, 0.1) is 5.82 Å². The minimum atomic E-state index is -0.525. The Morgan fingerprint density at radius 1 is 1.37 bits per heavy atom. The van der Waals surface area contributed by atoms with Crippen molar-refractivity contribution in [3.63, 3.8) is 0 Å². The fourth-order valence-corrected chi connectivity index (χ4v) is 3.53. The van der Waals surface area contributed by atoms with Gasteiger partial charge >= 0.3 is 0 Å². The van der Waals surface area contributed by atoms with Gasteiger partial charge < -0.3 is 16.2 Å². The van der Waals surface area contributed by atoms with E-state index < -0.39 is 11.9 Å². The van der Waals surface area contributed by atoms with Crippen LogP contribution >= 0.6 is 11.6 Å². The number of aliphatic hydroxyl groups is 1. The largest absolute Gasteiger partial charge is 0.390 e. The van der Waals surface area contributed by atoms with Gasteiger partial charge in [-0.15, -0.1) is 0 Å². The molecule has 3 heterocycles. The Hall–Kier alpha value is -2.26. The number of nitrogens with zero attached hydrogens (tertiary/aromatic N) is 4. The molecular formula is C18H20ClFN6O. The fourth-order valence-electron chi connectivity index (χ4n) is 3.35. The Bertz CT molecular complexity index is 964. The summed E-state index contributed by atoms with van der Waals surface area (Å²) in [5, 5.41) is 17.5. The molecular weight excluding hydrogens is 371 g/mol. The standard InChI is InChI=1S/C18H20ClFN6O/c19-13-7-12(1-2-14(13)20)24-18-17-11(3-6-26(17)23-10-22-18)8-25-5-4-15(21)16(27)9-25/h1-3,6-7,10,15-16,27H,4-5,8-9,21H2,(H,22,23,24)/t15-,16+/m0/s1. The molecule has 0 saturated carbocycles. The predicted molar refractivity (Wildman–Crippen MR) is 102 cm³/mol. The van der Waals surface area contributed by atoms with E-state index in [-0.39, 0.29) is 11.1 Å². The lowest BCUT2D eigenvalue weighted by Gasteiger charge is -2.33. The van der Waals surface area contributed by atoms with Gasteiger partial charge in [-0.3, -0.25) is 4.90 Å². The number of aromatic nitrogens is 3. The molecule has 1 aliphatic rings. The van der Waals surface area contributed by atoms with Crippen molar-refractivity contribution in [3.8, 4) is 0 Å². The van der Waals surface area contributed by atoms with E-state index in [1.54, 1.807) is 10.6 Å². The van der Waals surface area contributed by atoms with Gasteiger partial charge in [0.25, 0.3) is 0 Å². The molecule has 0 bridgehead atoms. The summed E-state index contributed by atoms with van der Waals surface area (Å²) >= 11 is 5.87. The number of fused-ring (bicyclic) bond motifs is 1. The first-order chi connectivity index (χ1) is 13.0. The van der Waals surface area contributed by atoms with Crippen LogP contribution in [0.15, 0.2) is 36.8 Å². The Labute approximate surface area is 160 Å². The van der Waals surface area contributed by atoms with Crippen molar-refractivity contribution in [2.24, 2.45) is 5.73 Å². The lowest BCUT2D eigenvalue weighted by Crippen LogP contribution is -2.50. The van der Waals surface area contributed by atoms with Gasteiger partial charge in [-0.1, -0.05) is 11.6 Å². The SMILES string of the molecule is N[C@H]1CCN(Cc2ccn3ncnc(Nc4ccc(F)c(Cl)c4)c23)C[C@H]1O. The maximum atomic E-state index is 13.4. The first-order valence-electron chi connectivity index (χ1n) is 8.70. The summed E-state index contributed by atoms with van der Waals surface area (Å²) in [6, 6.07) is 6.23. The highest BCUT2D eigenvalue weighted by molar-refractivity contribution is 6.31. The minimum absolute atomic E-state index is 0.0410. The molecule has 142 valence electrons. The maximum absolute atomic E-state index is 13.4. The van der Waals surface area contributed by atoms with Crippen molar-refractivity contribution in [1.82, 2.24) is 19.5 Å². The molecule has 0 aliphatic carbocycles. The number of aliphatic hydroxyl groups excluding tert-OH is 1. The number of hydrogen-bond acceptors (Lipinski definition) is 6. The average Bonchev–Trinajstić information content (AvgIpc) is 3.05. The molecule has 1 saturated heterocycles. The van der Waals surface area contributed by atoms with Crippen LogP contribution in [0.5, 0.6) is 0 Å². The Balaban J connectivity index is 1.62. The second-order valence-electron chi connectivity index (χ2n) is 6.75. The molecule has 0 amide bonds. The maximum Gasteiger partial charge on any atom is 0.158 e. The van der Waals surface area contributed by atoms with Gasteiger partial charge in [0.2, 0.25) is 0 Å². The van der Waals surface area contributed by atoms with E-state index >= 15 is 0 Å². The number of β-amino-alcohol motifs (C(OH)–C–C–N with tert-alkyl or cyclic N) is 1.